The van der Waals surface area contributed by atoms with Crippen molar-refractivity contribution >= 4 is 18.0 Å². The highest BCUT2D eigenvalue weighted by Gasteiger charge is 2.24. The van der Waals surface area contributed by atoms with Crippen molar-refractivity contribution in [2.24, 2.45) is 0 Å². The number of carboxylic acid groups (broad SMARTS) is 1. The van der Waals surface area contributed by atoms with Gasteiger partial charge in [-0.3, -0.25) is 4.79 Å². The molecule has 23 heavy (non-hydrogen) atoms. The van der Waals surface area contributed by atoms with Crippen molar-refractivity contribution in [1.29, 1.82) is 0 Å². The van der Waals surface area contributed by atoms with Crippen molar-refractivity contribution < 1.29 is 24.2 Å². The van der Waals surface area contributed by atoms with Gasteiger partial charge in [0.1, 0.15) is 0 Å². The molecule has 7 nitrogen and oxygen atoms in total. The van der Waals surface area contributed by atoms with Crippen molar-refractivity contribution in [3.05, 3.63) is 35.9 Å². The van der Waals surface area contributed by atoms with E-state index in [0.29, 0.717) is 0 Å². The van der Waals surface area contributed by atoms with E-state index in [4.69, 9.17) is 4.74 Å². The number of aliphatic carboxylic acids is 1. The van der Waals surface area contributed by atoms with Crippen molar-refractivity contribution in [2.75, 3.05) is 27.7 Å². The molecule has 0 unspecified atom stereocenters. The second kappa shape index (κ2) is 8.77. The molecule has 0 saturated carbocycles. The minimum atomic E-state index is -1.27. The first kappa shape index (κ1) is 18.5. The van der Waals surface area contributed by atoms with E-state index < -0.39 is 18.2 Å². The fourth-order valence-corrected chi connectivity index (χ4v) is 1.80. The predicted octanol–water partition coefficient (Wildman–Crippen LogP) is 1.23. The van der Waals surface area contributed by atoms with Gasteiger partial charge in [-0.1, -0.05) is 30.3 Å². The zero-order chi connectivity index (χ0) is 17.4. The lowest BCUT2D eigenvalue weighted by atomic mass is 10.1. The van der Waals surface area contributed by atoms with Gasteiger partial charge in [0.15, 0.2) is 0 Å². The van der Waals surface area contributed by atoms with Crippen LogP contribution in [0.1, 0.15) is 12.0 Å². The lowest BCUT2D eigenvalue weighted by Gasteiger charge is -2.21. The van der Waals surface area contributed by atoms with Gasteiger partial charge in [0.05, 0.1) is 0 Å². The number of carboxylic acids is 1. The smallest absolute Gasteiger partial charge is 0.410 e. The number of rotatable bonds is 7. The van der Waals surface area contributed by atoms with Crippen LogP contribution < -0.4 is 0 Å². The Morgan fingerprint density at radius 2 is 1.74 bits per heavy atom. The molecule has 0 fully saturated rings. The maximum atomic E-state index is 11.9. The Hall–Kier alpha value is -2.57. The summed E-state index contributed by atoms with van der Waals surface area (Å²) in [5.74, 6) is -1.33. The van der Waals surface area contributed by atoms with E-state index in [2.05, 4.69) is 0 Å². The van der Waals surface area contributed by atoms with Gasteiger partial charge in [-0.25, -0.2) is 9.59 Å². The number of amides is 2. The highest BCUT2D eigenvalue weighted by Crippen LogP contribution is 2.08. The Balaban J connectivity index is 2.57. The Bertz CT molecular complexity index is 545. The number of hydrogen-bond donors (Lipinski definition) is 1. The summed E-state index contributed by atoms with van der Waals surface area (Å²) in [6.45, 7) is 0.160. The third-order valence-electron chi connectivity index (χ3n) is 3.25. The lowest BCUT2D eigenvalue weighted by molar-refractivity contribution is -0.147. The fourth-order valence-electron chi connectivity index (χ4n) is 1.80. The topological polar surface area (TPSA) is 87.2 Å². The first-order valence-electron chi connectivity index (χ1n) is 7.20. The maximum absolute atomic E-state index is 11.9. The van der Waals surface area contributed by atoms with E-state index in [-0.39, 0.29) is 25.3 Å². The lowest BCUT2D eigenvalue weighted by Crippen LogP contribution is -2.37. The molecule has 7 heteroatoms. The molecule has 1 N–H and O–H groups in total. The predicted molar refractivity (Wildman–Crippen MR) is 84.0 cm³/mol. The third kappa shape index (κ3) is 6.37. The van der Waals surface area contributed by atoms with Gasteiger partial charge >= 0.3 is 12.1 Å². The summed E-state index contributed by atoms with van der Waals surface area (Å²) in [5.41, 5.74) is 0.762. The normalized spacial score (nSPS) is 11.4. The number of carbonyl (C=O) groups is 3. The summed E-state index contributed by atoms with van der Waals surface area (Å²) in [7, 11) is 4.72. The molecule has 0 aliphatic rings. The average molecular weight is 322 g/mol. The van der Waals surface area contributed by atoms with Gasteiger partial charge in [0.25, 0.3) is 0 Å². The molecule has 0 aromatic heterocycles. The summed E-state index contributed by atoms with van der Waals surface area (Å²) >= 11 is 0. The van der Waals surface area contributed by atoms with Crippen LogP contribution in [0.3, 0.4) is 0 Å². The standard InChI is InChI=1S/C16H22N2O5/c1-17(2)14(19)9-10-18(3)16(22)23-13(15(20)21)11-12-7-5-4-6-8-12/h4-8,13H,9-11H2,1-3H3,(H,20,21)/t13-/m0/s1. The molecular formula is C16H22N2O5. The van der Waals surface area contributed by atoms with Gasteiger partial charge < -0.3 is 19.6 Å². The van der Waals surface area contributed by atoms with E-state index >= 15 is 0 Å². The van der Waals surface area contributed by atoms with Crippen molar-refractivity contribution in [2.45, 2.75) is 18.9 Å². The Kier molecular flexibility index (Phi) is 7.05. The zero-order valence-corrected chi connectivity index (χ0v) is 13.6. The van der Waals surface area contributed by atoms with Gasteiger partial charge in [-0.05, 0) is 5.56 Å². The second-order valence-electron chi connectivity index (χ2n) is 5.36. The van der Waals surface area contributed by atoms with Crippen molar-refractivity contribution in [3.8, 4) is 0 Å². The fraction of sp³-hybridized carbons (Fsp3) is 0.438. The quantitative estimate of drug-likeness (QED) is 0.816. The van der Waals surface area contributed by atoms with Crippen LogP contribution in [-0.2, 0) is 20.7 Å². The van der Waals surface area contributed by atoms with Crippen LogP contribution in [0, 0.1) is 0 Å². The van der Waals surface area contributed by atoms with Gasteiger partial charge in [0, 0.05) is 40.5 Å². The van der Waals surface area contributed by atoms with E-state index in [1.165, 1.54) is 16.8 Å². The van der Waals surface area contributed by atoms with E-state index in [1.807, 2.05) is 6.07 Å². The summed E-state index contributed by atoms with van der Waals surface area (Å²) < 4.78 is 5.03. The van der Waals surface area contributed by atoms with Crippen molar-refractivity contribution in [1.82, 2.24) is 9.80 Å². The van der Waals surface area contributed by atoms with Crippen LogP contribution in [0.25, 0.3) is 0 Å². The van der Waals surface area contributed by atoms with E-state index in [1.54, 1.807) is 38.4 Å². The number of nitrogens with zero attached hydrogens (tertiary/aromatic N) is 2. The highest BCUT2D eigenvalue weighted by molar-refractivity contribution is 5.78. The molecule has 0 saturated heterocycles. The molecule has 0 heterocycles. The number of hydrogen-bond acceptors (Lipinski definition) is 4. The second-order valence-corrected chi connectivity index (χ2v) is 5.36. The summed E-state index contributed by atoms with van der Waals surface area (Å²) in [6, 6.07) is 8.93. The van der Waals surface area contributed by atoms with Crippen LogP contribution >= 0.6 is 0 Å². The number of benzene rings is 1. The summed E-state index contributed by atoms with van der Waals surface area (Å²) in [4.78, 5) is 37.3. The molecule has 1 aromatic rings. The molecular weight excluding hydrogens is 300 g/mol. The summed E-state index contributed by atoms with van der Waals surface area (Å²) in [5, 5.41) is 9.20. The van der Waals surface area contributed by atoms with Gasteiger partial charge in [-0.15, -0.1) is 0 Å². The molecule has 0 bridgehead atoms. The molecule has 1 atom stereocenters. The molecule has 2 amide bonds. The maximum Gasteiger partial charge on any atom is 0.410 e. The minimum absolute atomic E-state index is 0.0897. The number of ether oxygens (including phenoxy) is 1. The van der Waals surface area contributed by atoms with E-state index in [9.17, 15) is 19.5 Å². The van der Waals surface area contributed by atoms with Crippen LogP contribution in [0.2, 0.25) is 0 Å². The molecule has 0 spiro atoms. The molecule has 0 aliphatic heterocycles. The average Bonchev–Trinajstić information content (AvgIpc) is 2.52. The zero-order valence-electron chi connectivity index (χ0n) is 13.6. The first-order valence-corrected chi connectivity index (χ1v) is 7.20. The van der Waals surface area contributed by atoms with Crippen LogP contribution in [0.4, 0.5) is 4.79 Å². The largest absolute Gasteiger partial charge is 0.478 e. The third-order valence-corrected chi connectivity index (χ3v) is 3.25. The SMILES string of the molecule is CN(C)C(=O)CCN(C)C(=O)O[C@@H](Cc1ccccc1)C(=O)O. The Labute approximate surface area is 135 Å². The Morgan fingerprint density at radius 3 is 2.26 bits per heavy atom. The van der Waals surface area contributed by atoms with Gasteiger partial charge in [0.2, 0.25) is 12.0 Å². The molecule has 1 aromatic carbocycles. The minimum Gasteiger partial charge on any atom is -0.478 e. The number of carbonyl (C=O) groups excluding carboxylic acids is 2. The van der Waals surface area contributed by atoms with Crippen LogP contribution in [0.5, 0.6) is 0 Å². The van der Waals surface area contributed by atoms with Crippen LogP contribution in [-0.4, -0.2) is 66.7 Å². The summed E-state index contributed by atoms with van der Waals surface area (Å²) in [6.07, 6.45) is -1.79. The van der Waals surface area contributed by atoms with Gasteiger partial charge in [-0.2, -0.15) is 0 Å². The molecule has 0 aliphatic carbocycles. The Morgan fingerprint density at radius 1 is 1.13 bits per heavy atom. The molecule has 1 rings (SSSR count). The molecule has 0 radical (unpaired) electrons. The highest BCUT2D eigenvalue weighted by atomic mass is 16.6. The van der Waals surface area contributed by atoms with Crippen molar-refractivity contribution in [3.63, 3.8) is 0 Å². The first-order chi connectivity index (χ1) is 10.8. The monoisotopic (exact) mass is 322 g/mol. The van der Waals surface area contributed by atoms with E-state index in [0.717, 1.165) is 5.56 Å². The van der Waals surface area contributed by atoms with Crippen LogP contribution in [0.15, 0.2) is 30.3 Å². The molecule has 126 valence electrons.